The van der Waals surface area contributed by atoms with E-state index in [4.69, 9.17) is 10.8 Å². The number of nitrogens with zero attached hydrogens (tertiary/aromatic N) is 1. The molecular formula is C10H14N2O2. The maximum absolute atomic E-state index is 10.7. The summed E-state index contributed by atoms with van der Waals surface area (Å²) in [5.41, 5.74) is 7.20. The number of carbonyl (C=O) groups excluding carboxylic acids is 1. The fourth-order valence-electron chi connectivity index (χ4n) is 1.21. The van der Waals surface area contributed by atoms with Crippen LogP contribution in [0.2, 0.25) is 0 Å². The minimum atomic E-state index is -0.0500. The summed E-state index contributed by atoms with van der Waals surface area (Å²) in [4.78, 5) is 12.1. The van der Waals surface area contributed by atoms with Crippen LogP contribution in [0.1, 0.15) is 5.56 Å². The van der Waals surface area contributed by atoms with Crippen LogP contribution in [-0.4, -0.2) is 24.7 Å². The number of hydrogen-bond donors (Lipinski definition) is 2. The summed E-state index contributed by atoms with van der Waals surface area (Å²) in [6.07, 6.45) is 0.700. The lowest BCUT2D eigenvalue weighted by molar-refractivity contribution is -0.107. The van der Waals surface area contributed by atoms with Crippen LogP contribution in [-0.2, 0) is 11.3 Å². The molecule has 76 valence electrons. The van der Waals surface area contributed by atoms with Gasteiger partial charge in [-0.15, -0.1) is 0 Å². The van der Waals surface area contributed by atoms with Gasteiger partial charge in [0.25, 0.3) is 0 Å². The van der Waals surface area contributed by atoms with Gasteiger partial charge in [0, 0.05) is 18.8 Å². The van der Waals surface area contributed by atoms with E-state index in [1.807, 2.05) is 24.3 Å². The Morgan fingerprint density at radius 3 is 2.86 bits per heavy atom. The van der Waals surface area contributed by atoms with Crippen LogP contribution in [0.15, 0.2) is 24.3 Å². The van der Waals surface area contributed by atoms with Gasteiger partial charge in [-0.3, -0.25) is 4.79 Å². The van der Waals surface area contributed by atoms with Crippen molar-refractivity contribution in [3.63, 3.8) is 0 Å². The molecule has 4 nitrogen and oxygen atoms in total. The van der Waals surface area contributed by atoms with Crippen LogP contribution in [0, 0.1) is 0 Å². The van der Waals surface area contributed by atoms with E-state index in [0.717, 1.165) is 11.3 Å². The van der Waals surface area contributed by atoms with Gasteiger partial charge in [0.05, 0.1) is 6.61 Å². The Morgan fingerprint density at radius 2 is 2.29 bits per heavy atom. The molecule has 1 aromatic carbocycles. The molecule has 0 atom stereocenters. The SMILES string of the molecule is NCc1cccc(N(C=O)CCO)c1. The first-order valence-corrected chi connectivity index (χ1v) is 4.43. The summed E-state index contributed by atoms with van der Waals surface area (Å²) in [5.74, 6) is 0. The number of aliphatic hydroxyl groups excluding tert-OH is 1. The van der Waals surface area contributed by atoms with Gasteiger partial charge < -0.3 is 15.7 Å². The van der Waals surface area contributed by atoms with Gasteiger partial charge in [-0.1, -0.05) is 12.1 Å². The highest BCUT2D eigenvalue weighted by atomic mass is 16.3. The van der Waals surface area contributed by atoms with Crippen molar-refractivity contribution in [2.45, 2.75) is 6.54 Å². The van der Waals surface area contributed by atoms with Gasteiger partial charge in [0.15, 0.2) is 0 Å². The van der Waals surface area contributed by atoms with Crippen LogP contribution in [0.3, 0.4) is 0 Å². The Labute approximate surface area is 82.9 Å². The van der Waals surface area contributed by atoms with Gasteiger partial charge in [-0.25, -0.2) is 0 Å². The highest BCUT2D eigenvalue weighted by molar-refractivity contribution is 5.75. The fraction of sp³-hybridized carbons (Fsp3) is 0.300. The van der Waals surface area contributed by atoms with Crippen molar-refractivity contribution in [3.05, 3.63) is 29.8 Å². The van der Waals surface area contributed by atoms with Crippen molar-refractivity contribution in [3.8, 4) is 0 Å². The molecule has 0 aliphatic carbocycles. The number of aliphatic hydroxyl groups is 1. The van der Waals surface area contributed by atoms with E-state index >= 15 is 0 Å². The van der Waals surface area contributed by atoms with Crippen LogP contribution < -0.4 is 10.6 Å². The highest BCUT2D eigenvalue weighted by Crippen LogP contribution is 2.14. The summed E-state index contributed by atoms with van der Waals surface area (Å²) in [6, 6.07) is 7.38. The molecule has 0 fully saturated rings. The Balaban J connectivity index is 2.86. The molecule has 0 aliphatic heterocycles. The molecule has 4 heteroatoms. The third kappa shape index (κ3) is 2.55. The summed E-state index contributed by atoms with van der Waals surface area (Å²) >= 11 is 0. The molecule has 0 saturated carbocycles. The van der Waals surface area contributed by atoms with Crippen molar-refractivity contribution >= 4 is 12.1 Å². The van der Waals surface area contributed by atoms with Gasteiger partial charge in [-0.05, 0) is 17.7 Å². The van der Waals surface area contributed by atoms with E-state index in [2.05, 4.69) is 0 Å². The zero-order chi connectivity index (χ0) is 10.4. The van der Waals surface area contributed by atoms with Crippen molar-refractivity contribution in [2.75, 3.05) is 18.1 Å². The van der Waals surface area contributed by atoms with E-state index in [1.165, 1.54) is 4.90 Å². The Bertz CT molecular complexity index is 302. The van der Waals surface area contributed by atoms with Crippen molar-refractivity contribution < 1.29 is 9.90 Å². The summed E-state index contributed by atoms with van der Waals surface area (Å²) in [7, 11) is 0. The van der Waals surface area contributed by atoms with Crippen LogP contribution in [0.5, 0.6) is 0 Å². The maximum atomic E-state index is 10.7. The molecule has 0 saturated heterocycles. The minimum absolute atomic E-state index is 0.0500. The highest BCUT2D eigenvalue weighted by Gasteiger charge is 2.03. The van der Waals surface area contributed by atoms with Gasteiger partial charge in [-0.2, -0.15) is 0 Å². The number of benzene rings is 1. The van der Waals surface area contributed by atoms with Crippen molar-refractivity contribution in [1.82, 2.24) is 0 Å². The molecule has 0 unspecified atom stereocenters. The molecule has 0 heterocycles. The molecule has 0 radical (unpaired) electrons. The Morgan fingerprint density at radius 1 is 1.50 bits per heavy atom. The molecule has 0 spiro atoms. The number of rotatable bonds is 5. The fourth-order valence-corrected chi connectivity index (χ4v) is 1.21. The topological polar surface area (TPSA) is 66.6 Å². The largest absolute Gasteiger partial charge is 0.395 e. The maximum Gasteiger partial charge on any atom is 0.214 e. The standard InChI is InChI=1S/C10H14N2O2/c11-7-9-2-1-3-10(6-9)12(8-14)4-5-13/h1-3,6,8,13H,4-5,7,11H2. The number of hydrogen-bond acceptors (Lipinski definition) is 3. The molecule has 1 rings (SSSR count). The second kappa shape index (κ2) is 5.36. The van der Waals surface area contributed by atoms with Gasteiger partial charge in [0.2, 0.25) is 6.41 Å². The zero-order valence-electron chi connectivity index (χ0n) is 7.89. The predicted molar refractivity (Wildman–Crippen MR) is 54.8 cm³/mol. The van der Waals surface area contributed by atoms with Crippen LogP contribution in [0.25, 0.3) is 0 Å². The summed E-state index contributed by atoms with van der Waals surface area (Å²) < 4.78 is 0. The molecule has 1 amide bonds. The first-order chi connectivity index (χ1) is 6.81. The van der Waals surface area contributed by atoms with Gasteiger partial charge >= 0.3 is 0 Å². The molecular weight excluding hydrogens is 180 g/mol. The molecule has 0 aromatic heterocycles. The van der Waals surface area contributed by atoms with E-state index in [-0.39, 0.29) is 6.61 Å². The Kier molecular flexibility index (Phi) is 4.10. The molecule has 1 aromatic rings. The molecule has 0 aliphatic rings. The first kappa shape index (κ1) is 10.7. The second-order valence-corrected chi connectivity index (χ2v) is 2.90. The second-order valence-electron chi connectivity index (χ2n) is 2.90. The quantitative estimate of drug-likeness (QED) is 0.653. The third-order valence-corrected chi connectivity index (χ3v) is 1.95. The van der Waals surface area contributed by atoms with Crippen LogP contribution >= 0.6 is 0 Å². The zero-order valence-corrected chi connectivity index (χ0v) is 7.89. The van der Waals surface area contributed by atoms with E-state index < -0.39 is 0 Å². The van der Waals surface area contributed by atoms with Crippen molar-refractivity contribution in [1.29, 1.82) is 0 Å². The van der Waals surface area contributed by atoms with E-state index in [1.54, 1.807) is 0 Å². The minimum Gasteiger partial charge on any atom is -0.395 e. The van der Waals surface area contributed by atoms with E-state index in [0.29, 0.717) is 19.5 Å². The summed E-state index contributed by atoms with van der Waals surface area (Å²) in [5, 5.41) is 8.73. The molecule has 0 bridgehead atoms. The number of nitrogens with two attached hydrogens (primary N) is 1. The van der Waals surface area contributed by atoms with Crippen molar-refractivity contribution in [2.24, 2.45) is 5.73 Å². The average Bonchev–Trinajstić information content (AvgIpc) is 2.26. The monoisotopic (exact) mass is 194 g/mol. The summed E-state index contributed by atoms with van der Waals surface area (Å²) in [6.45, 7) is 0.697. The lowest BCUT2D eigenvalue weighted by Crippen LogP contribution is -2.24. The molecule has 14 heavy (non-hydrogen) atoms. The third-order valence-electron chi connectivity index (χ3n) is 1.95. The average molecular weight is 194 g/mol. The number of carbonyl (C=O) groups is 1. The van der Waals surface area contributed by atoms with Gasteiger partial charge in [0.1, 0.15) is 0 Å². The number of amides is 1. The molecule has 3 N–H and O–H groups in total. The predicted octanol–water partition coefficient (Wildman–Crippen LogP) is 0.100. The van der Waals surface area contributed by atoms with Crippen LogP contribution in [0.4, 0.5) is 5.69 Å². The normalized spacial score (nSPS) is 9.86. The lowest BCUT2D eigenvalue weighted by Gasteiger charge is -2.16. The Hall–Kier alpha value is -1.39. The number of anilines is 1. The first-order valence-electron chi connectivity index (χ1n) is 4.43. The van der Waals surface area contributed by atoms with E-state index in [9.17, 15) is 4.79 Å². The smallest absolute Gasteiger partial charge is 0.214 e. The lowest BCUT2D eigenvalue weighted by atomic mass is 10.2.